The highest BCUT2D eigenvalue weighted by atomic mass is 35.5. The molecule has 0 saturated carbocycles. The van der Waals surface area contributed by atoms with Gasteiger partial charge in [-0.2, -0.15) is 4.31 Å². The minimum atomic E-state index is -3.39. The van der Waals surface area contributed by atoms with Crippen LogP contribution in [0.3, 0.4) is 0 Å². The van der Waals surface area contributed by atoms with Gasteiger partial charge in [-0.05, 0) is 43.5 Å². The zero-order chi connectivity index (χ0) is 15.6. The van der Waals surface area contributed by atoms with Crippen molar-refractivity contribution >= 4 is 22.4 Å². The normalized spacial score (nSPS) is 17.0. The Hall–Kier alpha value is -0.880. The van der Waals surface area contributed by atoms with Crippen molar-refractivity contribution in [3.63, 3.8) is 0 Å². The topological polar surface area (TPSA) is 40.6 Å². The van der Waals surface area contributed by atoms with Crippen LogP contribution in [0.5, 0.6) is 0 Å². The highest BCUT2D eigenvalue weighted by molar-refractivity contribution is 7.89. The van der Waals surface area contributed by atoms with E-state index in [2.05, 4.69) is 11.5 Å². The maximum absolute atomic E-state index is 12.8. The van der Waals surface area contributed by atoms with Gasteiger partial charge in [0, 0.05) is 32.7 Å². The smallest absolute Gasteiger partial charge is 0.243 e. The molecule has 0 amide bonds. The molecule has 1 heterocycles. The number of hydrogen-bond donors (Lipinski definition) is 0. The average molecular weight is 345 g/mol. The maximum Gasteiger partial charge on any atom is 0.243 e. The fraction of sp³-hybridized carbons (Fsp3) is 0.500. The third kappa shape index (κ3) is 3.90. The standard InChI is InChI=1S/C16H24N2O2S.ClH/c1-5-6-17-7-9-18(10-8-17)21(19,20)16-12-14(3)13(2)11-15(16)4;/h5,11-12H,1,6-10H2,2-4H3;1H. The zero-order valence-corrected chi connectivity index (χ0v) is 15.1. The number of hydrogen-bond acceptors (Lipinski definition) is 3. The minimum absolute atomic E-state index is 0. The Morgan fingerprint density at radius 3 is 2.14 bits per heavy atom. The Morgan fingerprint density at radius 1 is 1.05 bits per heavy atom. The van der Waals surface area contributed by atoms with Crippen molar-refractivity contribution in [3.05, 3.63) is 41.5 Å². The third-order valence-electron chi connectivity index (χ3n) is 4.13. The second-order valence-corrected chi connectivity index (χ2v) is 7.60. The maximum atomic E-state index is 12.8. The first-order chi connectivity index (χ1) is 9.86. The van der Waals surface area contributed by atoms with Gasteiger partial charge >= 0.3 is 0 Å². The van der Waals surface area contributed by atoms with E-state index in [-0.39, 0.29) is 12.4 Å². The van der Waals surface area contributed by atoms with E-state index in [0.717, 1.165) is 36.3 Å². The number of nitrogens with zero attached hydrogens (tertiary/aromatic N) is 2. The molecule has 4 nitrogen and oxygen atoms in total. The second-order valence-electron chi connectivity index (χ2n) is 5.70. The molecule has 1 saturated heterocycles. The Bertz CT molecular complexity index is 636. The van der Waals surface area contributed by atoms with Crippen LogP contribution in [0.4, 0.5) is 0 Å². The molecule has 0 bridgehead atoms. The van der Waals surface area contributed by atoms with Crippen molar-refractivity contribution in [1.29, 1.82) is 0 Å². The van der Waals surface area contributed by atoms with E-state index in [0.29, 0.717) is 18.0 Å². The molecule has 124 valence electrons. The molecular formula is C16H25ClN2O2S. The fourth-order valence-electron chi connectivity index (χ4n) is 2.69. The molecule has 0 radical (unpaired) electrons. The van der Waals surface area contributed by atoms with E-state index in [1.54, 1.807) is 10.4 Å². The summed E-state index contributed by atoms with van der Waals surface area (Å²) in [6.45, 7) is 13.0. The predicted molar refractivity (Wildman–Crippen MR) is 93.3 cm³/mol. The molecular weight excluding hydrogens is 320 g/mol. The molecule has 1 aromatic carbocycles. The lowest BCUT2D eigenvalue weighted by atomic mass is 10.1. The van der Waals surface area contributed by atoms with Gasteiger partial charge in [-0.25, -0.2) is 8.42 Å². The van der Waals surface area contributed by atoms with Crippen LogP contribution in [0.25, 0.3) is 0 Å². The molecule has 1 fully saturated rings. The highest BCUT2D eigenvalue weighted by Gasteiger charge is 2.29. The van der Waals surface area contributed by atoms with Gasteiger partial charge in [0.1, 0.15) is 0 Å². The lowest BCUT2D eigenvalue weighted by molar-refractivity contribution is 0.204. The highest BCUT2D eigenvalue weighted by Crippen LogP contribution is 2.24. The second kappa shape index (κ2) is 7.59. The van der Waals surface area contributed by atoms with E-state index in [9.17, 15) is 8.42 Å². The van der Waals surface area contributed by atoms with Crippen LogP contribution in [-0.4, -0.2) is 50.3 Å². The summed E-state index contributed by atoms with van der Waals surface area (Å²) < 4.78 is 27.2. The zero-order valence-electron chi connectivity index (χ0n) is 13.5. The van der Waals surface area contributed by atoms with Crippen LogP contribution in [0.15, 0.2) is 29.7 Å². The lowest BCUT2D eigenvalue weighted by Crippen LogP contribution is -2.48. The SMILES string of the molecule is C=CCN1CCN(S(=O)(=O)c2cc(C)c(C)cc2C)CC1.Cl. The van der Waals surface area contributed by atoms with Crippen LogP contribution in [0.1, 0.15) is 16.7 Å². The van der Waals surface area contributed by atoms with Gasteiger partial charge in [0.15, 0.2) is 0 Å². The van der Waals surface area contributed by atoms with Gasteiger partial charge < -0.3 is 0 Å². The van der Waals surface area contributed by atoms with Crippen LogP contribution in [-0.2, 0) is 10.0 Å². The lowest BCUT2D eigenvalue weighted by Gasteiger charge is -2.33. The number of sulfonamides is 1. The number of halogens is 1. The quantitative estimate of drug-likeness (QED) is 0.788. The Kier molecular flexibility index (Phi) is 6.62. The Balaban J connectivity index is 0.00000242. The predicted octanol–water partition coefficient (Wildman–Crippen LogP) is 2.53. The summed E-state index contributed by atoms with van der Waals surface area (Å²) in [7, 11) is -3.39. The Labute approximate surface area is 140 Å². The average Bonchev–Trinajstić information content (AvgIpc) is 2.43. The first kappa shape index (κ1) is 19.2. The first-order valence-electron chi connectivity index (χ1n) is 7.27. The first-order valence-corrected chi connectivity index (χ1v) is 8.71. The van der Waals surface area contributed by atoms with Gasteiger partial charge in [-0.15, -0.1) is 19.0 Å². The number of benzene rings is 1. The Morgan fingerprint density at radius 2 is 1.59 bits per heavy atom. The molecule has 0 aromatic heterocycles. The molecule has 1 aliphatic rings. The number of aryl methyl sites for hydroxylation is 3. The third-order valence-corrected chi connectivity index (χ3v) is 6.17. The van der Waals surface area contributed by atoms with Crippen molar-refractivity contribution < 1.29 is 8.42 Å². The molecule has 0 N–H and O–H groups in total. The van der Waals surface area contributed by atoms with Gasteiger partial charge in [-0.3, -0.25) is 4.90 Å². The largest absolute Gasteiger partial charge is 0.297 e. The van der Waals surface area contributed by atoms with Gasteiger partial charge in [0.05, 0.1) is 4.90 Å². The van der Waals surface area contributed by atoms with Crippen molar-refractivity contribution in [3.8, 4) is 0 Å². The summed E-state index contributed by atoms with van der Waals surface area (Å²) in [4.78, 5) is 2.66. The molecule has 0 spiro atoms. The molecule has 6 heteroatoms. The van der Waals surface area contributed by atoms with Crippen molar-refractivity contribution in [2.75, 3.05) is 32.7 Å². The fourth-order valence-corrected chi connectivity index (χ4v) is 4.40. The van der Waals surface area contributed by atoms with Crippen molar-refractivity contribution in [1.82, 2.24) is 9.21 Å². The van der Waals surface area contributed by atoms with Crippen LogP contribution in [0.2, 0.25) is 0 Å². The van der Waals surface area contributed by atoms with E-state index < -0.39 is 10.0 Å². The van der Waals surface area contributed by atoms with Gasteiger partial charge in [0.25, 0.3) is 0 Å². The molecule has 1 aliphatic heterocycles. The van der Waals surface area contributed by atoms with Crippen LogP contribution >= 0.6 is 12.4 Å². The number of rotatable bonds is 4. The molecule has 22 heavy (non-hydrogen) atoms. The van der Waals surface area contributed by atoms with E-state index in [1.807, 2.05) is 32.9 Å². The molecule has 0 aliphatic carbocycles. The van der Waals surface area contributed by atoms with Gasteiger partial charge in [-0.1, -0.05) is 12.1 Å². The van der Waals surface area contributed by atoms with E-state index in [1.165, 1.54) is 0 Å². The summed E-state index contributed by atoms with van der Waals surface area (Å²) in [6, 6.07) is 3.76. The summed E-state index contributed by atoms with van der Waals surface area (Å²) in [5.74, 6) is 0. The van der Waals surface area contributed by atoms with Crippen molar-refractivity contribution in [2.45, 2.75) is 25.7 Å². The monoisotopic (exact) mass is 344 g/mol. The van der Waals surface area contributed by atoms with Crippen molar-refractivity contribution in [2.24, 2.45) is 0 Å². The van der Waals surface area contributed by atoms with Crippen LogP contribution in [0, 0.1) is 20.8 Å². The summed E-state index contributed by atoms with van der Waals surface area (Å²) >= 11 is 0. The summed E-state index contributed by atoms with van der Waals surface area (Å²) in [6.07, 6.45) is 1.86. The molecule has 0 atom stereocenters. The van der Waals surface area contributed by atoms with E-state index >= 15 is 0 Å². The molecule has 1 aromatic rings. The summed E-state index contributed by atoms with van der Waals surface area (Å²) in [5.41, 5.74) is 2.97. The number of piperazine rings is 1. The van der Waals surface area contributed by atoms with Gasteiger partial charge in [0.2, 0.25) is 10.0 Å². The summed E-state index contributed by atoms with van der Waals surface area (Å²) in [5, 5.41) is 0. The molecule has 2 rings (SSSR count). The molecule has 0 unspecified atom stereocenters. The van der Waals surface area contributed by atoms with Crippen LogP contribution < -0.4 is 0 Å². The van der Waals surface area contributed by atoms with E-state index in [4.69, 9.17) is 0 Å². The minimum Gasteiger partial charge on any atom is -0.297 e.